The Morgan fingerprint density at radius 1 is 1.25 bits per heavy atom. The highest BCUT2D eigenvalue weighted by Crippen LogP contribution is 2.01. The Kier molecular flexibility index (Phi) is 6.32. The van der Waals surface area contributed by atoms with Crippen molar-refractivity contribution in [2.24, 2.45) is 11.7 Å². The van der Waals surface area contributed by atoms with Gasteiger partial charge in [0, 0.05) is 0 Å². The molecule has 6 heteroatoms. The lowest BCUT2D eigenvalue weighted by Gasteiger charge is -2.22. The molecule has 0 heterocycles. The van der Waals surface area contributed by atoms with Crippen LogP contribution in [0.3, 0.4) is 0 Å². The quantitative estimate of drug-likeness (QED) is 0.526. The maximum atomic E-state index is 11.6. The van der Waals surface area contributed by atoms with Crippen molar-refractivity contribution in [1.29, 1.82) is 0 Å². The average Bonchev–Trinajstić information content (AvgIpc) is 2.21. The number of nitrogens with two attached hydrogens (primary N) is 1. The van der Waals surface area contributed by atoms with Gasteiger partial charge in [-0.3, -0.25) is 14.4 Å². The molecule has 0 aliphatic heterocycles. The van der Waals surface area contributed by atoms with Gasteiger partial charge in [0.2, 0.25) is 18.1 Å². The van der Waals surface area contributed by atoms with Crippen LogP contribution in [0.1, 0.15) is 20.8 Å². The Bertz CT molecular complexity index is 264. The van der Waals surface area contributed by atoms with Gasteiger partial charge in [-0.25, -0.2) is 0 Å². The molecule has 0 aliphatic carbocycles. The van der Waals surface area contributed by atoms with Gasteiger partial charge in [-0.15, -0.1) is 0 Å². The van der Waals surface area contributed by atoms with E-state index in [0.29, 0.717) is 0 Å². The zero-order valence-corrected chi connectivity index (χ0v) is 9.74. The summed E-state index contributed by atoms with van der Waals surface area (Å²) in [6.45, 7) is 4.92. The Balaban J connectivity index is 4.43. The monoisotopic (exact) mass is 228 g/mol. The summed E-state index contributed by atoms with van der Waals surface area (Å²) in [7, 11) is 0. The van der Waals surface area contributed by atoms with Crippen molar-refractivity contribution >= 4 is 18.1 Å². The second-order valence-corrected chi connectivity index (χ2v) is 3.88. The van der Waals surface area contributed by atoms with Crippen molar-refractivity contribution in [3.8, 4) is 0 Å². The molecule has 2 atom stereocenters. The minimum Gasteiger partial charge on any atom is -0.347 e. The van der Waals surface area contributed by atoms with Crippen LogP contribution in [0.4, 0.5) is 0 Å². The fourth-order valence-electron chi connectivity index (χ4n) is 1.05. The number of hydrogen-bond acceptors (Lipinski definition) is 4. The molecule has 91 valence electrons. The van der Waals surface area contributed by atoms with Crippen molar-refractivity contribution < 1.29 is 14.4 Å². The molecule has 2 amide bonds. The summed E-state index contributed by atoms with van der Waals surface area (Å²) in [6.07, 6.45) is 1.55. The Morgan fingerprint density at radius 2 is 1.81 bits per heavy atom. The van der Waals surface area contributed by atoms with Gasteiger partial charge < -0.3 is 16.4 Å². The van der Waals surface area contributed by atoms with Crippen molar-refractivity contribution in [3.63, 3.8) is 0 Å². The summed E-state index contributed by atoms with van der Waals surface area (Å²) in [4.78, 5) is 32.9. The van der Waals surface area contributed by atoms with Crippen LogP contribution < -0.4 is 16.4 Å². The predicted molar refractivity (Wildman–Crippen MR) is 59.1 cm³/mol. The van der Waals surface area contributed by atoms with Crippen LogP contribution in [-0.2, 0) is 14.4 Å². The summed E-state index contributed by atoms with van der Waals surface area (Å²) in [6, 6.07) is -1.36. The number of amides is 2. The third-order valence-corrected chi connectivity index (χ3v) is 2.00. The molecular weight excluding hydrogens is 210 g/mol. The summed E-state index contributed by atoms with van der Waals surface area (Å²) in [5.74, 6) is -0.898. The molecule has 0 rings (SSSR count). The van der Waals surface area contributed by atoms with Gasteiger partial charge in [0.25, 0.3) is 0 Å². The first-order valence-corrected chi connectivity index (χ1v) is 5.08. The maximum Gasteiger partial charge on any atom is 0.243 e. The Morgan fingerprint density at radius 3 is 2.19 bits per heavy atom. The SMILES string of the molecule is CC(N)C(=O)NC(C(=O)NC[C]=O)C(C)C. The van der Waals surface area contributed by atoms with E-state index in [0.717, 1.165) is 0 Å². The van der Waals surface area contributed by atoms with Gasteiger partial charge in [-0.2, -0.15) is 0 Å². The third kappa shape index (κ3) is 4.88. The zero-order valence-electron chi connectivity index (χ0n) is 9.74. The highest BCUT2D eigenvalue weighted by molar-refractivity contribution is 5.90. The van der Waals surface area contributed by atoms with Crippen LogP contribution in [0.25, 0.3) is 0 Å². The van der Waals surface area contributed by atoms with Gasteiger partial charge in [-0.05, 0) is 12.8 Å². The number of carbonyl (C=O) groups is 2. The molecular formula is C10H18N3O3. The van der Waals surface area contributed by atoms with E-state index in [1.54, 1.807) is 20.1 Å². The third-order valence-electron chi connectivity index (χ3n) is 2.00. The van der Waals surface area contributed by atoms with Crippen molar-refractivity contribution in [1.82, 2.24) is 10.6 Å². The Labute approximate surface area is 94.9 Å². The minimum atomic E-state index is -0.688. The first kappa shape index (κ1) is 14.6. The van der Waals surface area contributed by atoms with E-state index in [9.17, 15) is 14.4 Å². The molecule has 0 saturated heterocycles. The van der Waals surface area contributed by atoms with Crippen LogP contribution in [-0.4, -0.2) is 36.7 Å². The highest BCUT2D eigenvalue weighted by Gasteiger charge is 2.24. The zero-order chi connectivity index (χ0) is 12.7. The molecule has 0 spiro atoms. The van der Waals surface area contributed by atoms with E-state index in [1.807, 2.05) is 0 Å². The minimum absolute atomic E-state index is 0.0886. The van der Waals surface area contributed by atoms with E-state index >= 15 is 0 Å². The highest BCUT2D eigenvalue weighted by atomic mass is 16.2. The van der Waals surface area contributed by atoms with E-state index in [-0.39, 0.29) is 12.5 Å². The molecule has 0 aromatic heterocycles. The van der Waals surface area contributed by atoms with Gasteiger partial charge in [0.15, 0.2) is 0 Å². The van der Waals surface area contributed by atoms with Crippen molar-refractivity contribution in [3.05, 3.63) is 0 Å². The van der Waals surface area contributed by atoms with Gasteiger partial charge >= 0.3 is 0 Å². The lowest BCUT2D eigenvalue weighted by atomic mass is 10.0. The second-order valence-electron chi connectivity index (χ2n) is 3.88. The topological polar surface area (TPSA) is 101 Å². The van der Waals surface area contributed by atoms with Crippen LogP contribution in [0.2, 0.25) is 0 Å². The van der Waals surface area contributed by atoms with Gasteiger partial charge in [0.05, 0.1) is 12.6 Å². The van der Waals surface area contributed by atoms with Crippen molar-refractivity contribution in [2.75, 3.05) is 6.54 Å². The van der Waals surface area contributed by atoms with Crippen LogP contribution in [0, 0.1) is 5.92 Å². The van der Waals surface area contributed by atoms with E-state index < -0.39 is 23.9 Å². The lowest BCUT2D eigenvalue weighted by Crippen LogP contribution is -2.53. The van der Waals surface area contributed by atoms with Crippen LogP contribution in [0.5, 0.6) is 0 Å². The number of rotatable bonds is 6. The standard InChI is InChI=1S/C10H18N3O3/c1-6(2)8(10(16)12-4-5-14)13-9(15)7(3)11/h6-8H,4,11H2,1-3H3,(H,12,16)(H,13,15). The first-order chi connectivity index (χ1) is 7.40. The summed E-state index contributed by atoms with van der Waals surface area (Å²) < 4.78 is 0. The van der Waals surface area contributed by atoms with Gasteiger partial charge in [-0.1, -0.05) is 13.8 Å². The van der Waals surface area contributed by atoms with Crippen molar-refractivity contribution in [2.45, 2.75) is 32.9 Å². The van der Waals surface area contributed by atoms with E-state index in [4.69, 9.17) is 5.73 Å². The van der Waals surface area contributed by atoms with E-state index in [2.05, 4.69) is 10.6 Å². The molecule has 16 heavy (non-hydrogen) atoms. The molecule has 0 fully saturated rings. The molecule has 6 nitrogen and oxygen atoms in total. The lowest BCUT2D eigenvalue weighted by molar-refractivity contribution is -0.130. The molecule has 0 bridgehead atoms. The smallest absolute Gasteiger partial charge is 0.243 e. The second kappa shape index (κ2) is 6.95. The van der Waals surface area contributed by atoms with Gasteiger partial charge in [0.1, 0.15) is 6.04 Å². The summed E-state index contributed by atoms with van der Waals surface area (Å²) in [5, 5.41) is 4.86. The fourth-order valence-corrected chi connectivity index (χ4v) is 1.05. The normalized spacial score (nSPS) is 14.1. The Hall–Kier alpha value is -1.43. The molecule has 0 saturated carbocycles. The predicted octanol–water partition coefficient (Wildman–Crippen LogP) is -1.30. The molecule has 4 N–H and O–H groups in total. The molecule has 2 unspecified atom stereocenters. The molecule has 0 aliphatic rings. The fraction of sp³-hybridized carbons (Fsp3) is 0.700. The average molecular weight is 228 g/mol. The first-order valence-electron chi connectivity index (χ1n) is 5.08. The van der Waals surface area contributed by atoms with Crippen LogP contribution >= 0.6 is 0 Å². The summed E-state index contributed by atoms with van der Waals surface area (Å²) >= 11 is 0. The molecule has 1 radical (unpaired) electrons. The summed E-state index contributed by atoms with van der Waals surface area (Å²) in [5.41, 5.74) is 5.38. The largest absolute Gasteiger partial charge is 0.347 e. The maximum absolute atomic E-state index is 11.6. The van der Waals surface area contributed by atoms with Crippen LogP contribution in [0.15, 0.2) is 0 Å². The number of nitrogens with one attached hydrogen (secondary N) is 2. The number of carbonyl (C=O) groups excluding carboxylic acids is 3. The van der Waals surface area contributed by atoms with E-state index in [1.165, 1.54) is 6.92 Å². The molecule has 0 aromatic rings. The molecule has 0 aromatic carbocycles. The number of hydrogen-bond donors (Lipinski definition) is 3.